The van der Waals surface area contributed by atoms with Gasteiger partial charge in [0.1, 0.15) is 0 Å². The van der Waals surface area contributed by atoms with E-state index in [9.17, 15) is 4.39 Å². The van der Waals surface area contributed by atoms with E-state index >= 15 is 0 Å². The smallest absolute Gasteiger partial charge is 0.165 e. The highest BCUT2D eigenvalue weighted by Crippen LogP contribution is 2.32. The van der Waals surface area contributed by atoms with Gasteiger partial charge < -0.3 is 4.74 Å². The lowest BCUT2D eigenvalue weighted by atomic mass is 9.80. The second-order valence-electron chi connectivity index (χ2n) is 8.08. The van der Waals surface area contributed by atoms with Crippen LogP contribution in [-0.2, 0) is 6.42 Å². The van der Waals surface area contributed by atoms with Gasteiger partial charge in [-0.3, -0.25) is 0 Å². The monoisotopic (exact) mass is 368 g/mol. The molecule has 146 valence electrons. The van der Waals surface area contributed by atoms with Gasteiger partial charge in [0.2, 0.25) is 0 Å². The Morgan fingerprint density at radius 2 is 1.52 bits per heavy atom. The van der Waals surface area contributed by atoms with E-state index in [1.165, 1.54) is 44.1 Å². The Labute approximate surface area is 164 Å². The van der Waals surface area contributed by atoms with E-state index in [0.29, 0.717) is 18.3 Å². The number of hydrogen-bond acceptors (Lipinski definition) is 1. The van der Waals surface area contributed by atoms with Crippen LogP contribution in [0.15, 0.2) is 42.5 Å². The van der Waals surface area contributed by atoms with Gasteiger partial charge in [0.05, 0.1) is 6.61 Å². The van der Waals surface area contributed by atoms with Crippen molar-refractivity contribution in [1.82, 2.24) is 0 Å². The predicted molar refractivity (Wildman–Crippen MR) is 112 cm³/mol. The van der Waals surface area contributed by atoms with E-state index in [1.54, 1.807) is 12.1 Å². The summed E-state index contributed by atoms with van der Waals surface area (Å²) in [4.78, 5) is 0. The Morgan fingerprint density at radius 3 is 2.15 bits per heavy atom. The summed E-state index contributed by atoms with van der Waals surface area (Å²) in [5.74, 6) is 1.59. The first-order valence-electron chi connectivity index (χ1n) is 10.7. The van der Waals surface area contributed by atoms with E-state index in [0.717, 1.165) is 29.9 Å². The SMILES string of the molecule is CCCc1ccc(-c2ccc(OCC3CCC(CCC)CC3)c(F)c2)cc1. The van der Waals surface area contributed by atoms with Crippen molar-refractivity contribution >= 4 is 0 Å². The largest absolute Gasteiger partial charge is 0.490 e. The molecule has 1 nitrogen and oxygen atoms in total. The molecule has 0 bridgehead atoms. The number of halogens is 1. The molecule has 0 unspecified atom stereocenters. The van der Waals surface area contributed by atoms with Crippen LogP contribution in [0.4, 0.5) is 4.39 Å². The lowest BCUT2D eigenvalue weighted by Gasteiger charge is -2.28. The summed E-state index contributed by atoms with van der Waals surface area (Å²) in [7, 11) is 0. The molecular formula is C25H33FO. The molecule has 2 aromatic rings. The van der Waals surface area contributed by atoms with Gasteiger partial charge in [0.15, 0.2) is 11.6 Å². The van der Waals surface area contributed by atoms with Crippen LogP contribution in [0.5, 0.6) is 5.75 Å². The molecule has 0 heterocycles. The van der Waals surface area contributed by atoms with Gasteiger partial charge in [-0.15, -0.1) is 0 Å². The fourth-order valence-corrected chi connectivity index (χ4v) is 4.25. The Hall–Kier alpha value is -1.83. The van der Waals surface area contributed by atoms with Gasteiger partial charge in [-0.25, -0.2) is 4.39 Å². The van der Waals surface area contributed by atoms with Crippen molar-refractivity contribution in [2.45, 2.75) is 65.2 Å². The Bertz CT molecular complexity index is 699. The van der Waals surface area contributed by atoms with Crippen molar-refractivity contribution in [3.05, 3.63) is 53.8 Å². The minimum atomic E-state index is -0.259. The normalized spacial score (nSPS) is 19.8. The Morgan fingerprint density at radius 1 is 0.852 bits per heavy atom. The maximum Gasteiger partial charge on any atom is 0.165 e. The molecule has 0 atom stereocenters. The minimum absolute atomic E-state index is 0.259. The minimum Gasteiger partial charge on any atom is -0.490 e. The Balaban J connectivity index is 1.55. The van der Waals surface area contributed by atoms with E-state index < -0.39 is 0 Å². The molecule has 0 radical (unpaired) electrons. The van der Waals surface area contributed by atoms with Crippen LogP contribution in [0.1, 0.15) is 64.4 Å². The predicted octanol–water partition coefficient (Wildman–Crippen LogP) is 7.43. The third-order valence-corrected chi connectivity index (χ3v) is 5.90. The first kappa shape index (κ1) is 19.9. The standard InChI is InChI=1S/C25H33FO/c1-3-5-19-7-9-21(10-8-19)18-27-25-16-15-23(17-24(25)26)22-13-11-20(6-4-2)12-14-22/h11-17,19,21H,3-10,18H2,1-2H3. The van der Waals surface area contributed by atoms with Crippen LogP contribution in [0.25, 0.3) is 11.1 Å². The van der Waals surface area contributed by atoms with Crippen LogP contribution >= 0.6 is 0 Å². The summed E-state index contributed by atoms with van der Waals surface area (Å²) in [5.41, 5.74) is 3.29. The first-order chi connectivity index (χ1) is 13.2. The molecule has 27 heavy (non-hydrogen) atoms. The van der Waals surface area contributed by atoms with E-state index in [-0.39, 0.29) is 5.82 Å². The zero-order valence-electron chi connectivity index (χ0n) is 16.8. The molecule has 0 amide bonds. The molecule has 0 aromatic heterocycles. The average molecular weight is 369 g/mol. The van der Waals surface area contributed by atoms with Gasteiger partial charge in [0.25, 0.3) is 0 Å². The summed E-state index contributed by atoms with van der Waals surface area (Å²) in [6.07, 6.45) is 9.90. The fraction of sp³-hybridized carbons (Fsp3) is 0.520. The topological polar surface area (TPSA) is 9.23 Å². The van der Waals surface area contributed by atoms with Gasteiger partial charge in [-0.1, -0.05) is 76.3 Å². The van der Waals surface area contributed by atoms with Crippen molar-refractivity contribution in [3.63, 3.8) is 0 Å². The highest BCUT2D eigenvalue weighted by atomic mass is 19.1. The summed E-state index contributed by atoms with van der Waals surface area (Å²) >= 11 is 0. The molecule has 1 aliphatic rings. The summed E-state index contributed by atoms with van der Waals surface area (Å²) in [6, 6.07) is 13.8. The molecular weight excluding hydrogens is 335 g/mol. The molecule has 1 fully saturated rings. The fourth-order valence-electron chi connectivity index (χ4n) is 4.25. The Kier molecular flexibility index (Phi) is 7.32. The quantitative estimate of drug-likeness (QED) is 0.471. The maximum absolute atomic E-state index is 14.5. The number of aryl methyl sites for hydroxylation is 1. The molecule has 2 heteroatoms. The zero-order valence-corrected chi connectivity index (χ0v) is 16.8. The molecule has 0 spiro atoms. The van der Waals surface area contributed by atoms with E-state index in [4.69, 9.17) is 4.74 Å². The van der Waals surface area contributed by atoms with Crippen LogP contribution in [0.2, 0.25) is 0 Å². The van der Waals surface area contributed by atoms with Crippen molar-refractivity contribution in [2.24, 2.45) is 11.8 Å². The van der Waals surface area contributed by atoms with Crippen LogP contribution < -0.4 is 4.74 Å². The summed E-state index contributed by atoms with van der Waals surface area (Å²) in [6.45, 7) is 5.08. The lowest BCUT2D eigenvalue weighted by molar-refractivity contribution is 0.174. The van der Waals surface area contributed by atoms with Gasteiger partial charge >= 0.3 is 0 Å². The number of hydrogen-bond donors (Lipinski definition) is 0. The van der Waals surface area contributed by atoms with Crippen molar-refractivity contribution in [1.29, 1.82) is 0 Å². The second-order valence-corrected chi connectivity index (χ2v) is 8.08. The third kappa shape index (κ3) is 5.57. The molecule has 0 saturated heterocycles. The van der Waals surface area contributed by atoms with Crippen molar-refractivity contribution in [3.8, 4) is 16.9 Å². The van der Waals surface area contributed by atoms with Crippen LogP contribution in [0, 0.1) is 17.7 Å². The zero-order chi connectivity index (χ0) is 19.1. The number of ether oxygens (including phenoxy) is 1. The molecule has 0 aliphatic heterocycles. The third-order valence-electron chi connectivity index (χ3n) is 5.90. The van der Waals surface area contributed by atoms with Gasteiger partial charge in [-0.2, -0.15) is 0 Å². The first-order valence-corrected chi connectivity index (χ1v) is 10.7. The average Bonchev–Trinajstić information content (AvgIpc) is 2.69. The van der Waals surface area contributed by atoms with Crippen molar-refractivity contribution < 1.29 is 9.13 Å². The van der Waals surface area contributed by atoms with Crippen molar-refractivity contribution in [2.75, 3.05) is 6.61 Å². The highest BCUT2D eigenvalue weighted by molar-refractivity contribution is 5.64. The summed E-state index contributed by atoms with van der Waals surface area (Å²) in [5, 5.41) is 0. The molecule has 1 saturated carbocycles. The highest BCUT2D eigenvalue weighted by Gasteiger charge is 2.21. The lowest BCUT2D eigenvalue weighted by Crippen LogP contribution is -2.20. The van der Waals surface area contributed by atoms with E-state index in [2.05, 4.69) is 38.1 Å². The van der Waals surface area contributed by atoms with Crippen LogP contribution in [-0.4, -0.2) is 6.61 Å². The molecule has 2 aromatic carbocycles. The van der Waals surface area contributed by atoms with Crippen LogP contribution in [0.3, 0.4) is 0 Å². The number of rotatable bonds is 8. The molecule has 3 rings (SSSR count). The molecule has 0 N–H and O–H groups in total. The maximum atomic E-state index is 14.5. The van der Waals surface area contributed by atoms with Gasteiger partial charge in [0, 0.05) is 0 Å². The van der Waals surface area contributed by atoms with E-state index in [1.807, 2.05) is 6.07 Å². The van der Waals surface area contributed by atoms with Gasteiger partial charge in [-0.05, 0) is 59.9 Å². The number of benzene rings is 2. The summed E-state index contributed by atoms with van der Waals surface area (Å²) < 4.78 is 20.4. The second kappa shape index (κ2) is 9.92. The molecule has 1 aliphatic carbocycles.